The Kier molecular flexibility index (Phi) is 4.43. The Morgan fingerprint density at radius 2 is 2.22 bits per heavy atom. The summed E-state index contributed by atoms with van der Waals surface area (Å²) in [6, 6.07) is 1.71. The molecule has 0 aromatic carbocycles. The molecule has 0 aliphatic carbocycles. The molecule has 7 nitrogen and oxygen atoms in total. The molecule has 2 N–H and O–H groups in total. The van der Waals surface area contributed by atoms with Crippen LogP contribution in [-0.4, -0.2) is 21.5 Å². The number of nitrogens with zero attached hydrogens (tertiary/aromatic N) is 2. The number of nitrogens with one attached hydrogen (secondary N) is 2. The number of aryl methyl sites for hydroxylation is 1. The van der Waals surface area contributed by atoms with Crippen LogP contribution in [0.25, 0.3) is 0 Å². The van der Waals surface area contributed by atoms with E-state index in [-0.39, 0.29) is 30.5 Å². The Morgan fingerprint density at radius 1 is 1.56 bits per heavy atom. The highest BCUT2D eigenvalue weighted by Crippen LogP contribution is 1.90. The third-order valence-corrected chi connectivity index (χ3v) is 2.16. The average molecular weight is 250 g/mol. The first-order valence-corrected chi connectivity index (χ1v) is 5.47. The molecule has 1 heterocycles. The van der Waals surface area contributed by atoms with Crippen LogP contribution in [0.15, 0.2) is 15.8 Å². The molecule has 0 atom stereocenters. The number of hydrogen-bond donors (Lipinski definition) is 2. The van der Waals surface area contributed by atoms with E-state index in [1.807, 2.05) is 18.8 Å². The molecule has 18 heavy (non-hydrogen) atoms. The number of carbonyl (C=O) groups excluding carboxylic acids is 1. The molecule has 0 bridgehead atoms. The Balaban J connectivity index is 2.81. The fourth-order valence-corrected chi connectivity index (χ4v) is 1.37. The number of aromatic amines is 1. The lowest BCUT2D eigenvalue weighted by atomic mass is 10.3. The molecule has 0 radical (unpaired) electrons. The second-order valence-electron chi connectivity index (χ2n) is 4.08. The van der Waals surface area contributed by atoms with Crippen LogP contribution in [0.3, 0.4) is 0 Å². The van der Waals surface area contributed by atoms with Gasteiger partial charge in [-0.15, -0.1) is 0 Å². The van der Waals surface area contributed by atoms with Crippen LogP contribution in [0.2, 0.25) is 0 Å². The van der Waals surface area contributed by atoms with Gasteiger partial charge in [0.1, 0.15) is 11.6 Å². The van der Waals surface area contributed by atoms with Crippen LogP contribution >= 0.6 is 0 Å². The molecule has 0 aliphatic rings. The largest absolute Gasteiger partial charge is 0.354 e. The van der Waals surface area contributed by atoms with Crippen LogP contribution in [0.1, 0.15) is 25.8 Å². The van der Waals surface area contributed by atoms with E-state index in [0.717, 1.165) is 10.8 Å². The van der Waals surface area contributed by atoms with E-state index in [4.69, 9.17) is 5.26 Å². The van der Waals surface area contributed by atoms with E-state index < -0.39 is 11.2 Å². The van der Waals surface area contributed by atoms with Gasteiger partial charge in [-0.2, -0.15) is 5.26 Å². The molecular formula is C11H14N4O3. The van der Waals surface area contributed by atoms with Crippen molar-refractivity contribution in [2.75, 3.05) is 0 Å². The van der Waals surface area contributed by atoms with Crippen LogP contribution in [0.4, 0.5) is 0 Å². The average Bonchev–Trinajstić information content (AvgIpc) is 2.27. The molecule has 1 aromatic heterocycles. The molecule has 0 unspecified atom stereocenters. The molecule has 96 valence electrons. The van der Waals surface area contributed by atoms with Crippen molar-refractivity contribution in [2.45, 2.75) is 32.9 Å². The highest BCUT2D eigenvalue weighted by molar-refractivity contribution is 5.76. The quantitative estimate of drug-likeness (QED) is 0.738. The highest BCUT2D eigenvalue weighted by Gasteiger charge is 2.07. The van der Waals surface area contributed by atoms with Gasteiger partial charge in [-0.05, 0) is 13.8 Å². The topological polar surface area (TPSA) is 108 Å². The first-order valence-electron chi connectivity index (χ1n) is 5.47. The molecule has 1 aromatic rings. The summed E-state index contributed by atoms with van der Waals surface area (Å²) in [5.74, 6) is -0.193. The van der Waals surface area contributed by atoms with Gasteiger partial charge in [0.15, 0.2) is 0 Å². The number of H-pyrrole nitrogens is 1. The van der Waals surface area contributed by atoms with Crippen LogP contribution in [0, 0.1) is 11.3 Å². The molecule has 7 heteroatoms. The number of amides is 1. The highest BCUT2D eigenvalue weighted by atomic mass is 16.2. The number of rotatable bonds is 4. The number of nitriles is 1. The van der Waals surface area contributed by atoms with Gasteiger partial charge < -0.3 is 5.32 Å². The van der Waals surface area contributed by atoms with Gasteiger partial charge in [-0.25, -0.2) is 4.79 Å². The second kappa shape index (κ2) is 5.82. The predicted molar refractivity (Wildman–Crippen MR) is 63.9 cm³/mol. The summed E-state index contributed by atoms with van der Waals surface area (Å²) in [5, 5.41) is 11.3. The molecular weight excluding hydrogens is 236 g/mol. The minimum absolute atomic E-state index is 0.0273. The Hall–Kier alpha value is -2.36. The molecule has 1 amide bonds. The van der Waals surface area contributed by atoms with Crippen molar-refractivity contribution in [2.24, 2.45) is 0 Å². The third-order valence-electron chi connectivity index (χ3n) is 2.16. The van der Waals surface area contributed by atoms with Gasteiger partial charge in [0.2, 0.25) is 5.91 Å². The smallest absolute Gasteiger partial charge is 0.328 e. The van der Waals surface area contributed by atoms with E-state index in [2.05, 4.69) is 5.32 Å². The monoisotopic (exact) mass is 250 g/mol. The number of hydrogen-bond acceptors (Lipinski definition) is 4. The summed E-state index contributed by atoms with van der Waals surface area (Å²) >= 11 is 0. The van der Waals surface area contributed by atoms with Crippen molar-refractivity contribution in [1.29, 1.82) is 5.26 Å². The van der Waals surface area contributed by atoms with Crippen molar-refractivity contribution in [3.05, 3.63) is 32.6 Å². The maximum atomic E-state index is 11.4. The van der Waals surface area contributed by atoms with E-state index in [1.54, 1.807) is 6.07 Å². The number of carbonyl (C=O) groups is 1. The van der Waals surface area contributed by atoms with Crippen molar-refractivity contribution in [3.63, 3.8) is 0 Å². The summed E-state index contributed by atoms with van der Waals surface area (Å²) in [4.78, 5) is 36.0. The van der Waals surface area contributed by atoms with Crippen LogP contribution < -0.4 is 16.6 Å². The fraction of sp³-hybridized carbons (Fsp3) is 0.455. The van der Waals surface area contributed by atoms with Crippen molar-refractivity contribution in [3.8, 4) is 6.07 Å². The van der Waals surface area contributed by atoms with Gasteiger partial charge in [-0.3, -0.25) is 19.1 Å². The van der Waals surface area contributed by atoms with Crippen LogP contribution in [0.5, 0.6) is 0 Å². The Labute approximate surface area is 103 Å². The van der Waals surface area contributed by atoms with E-state index in [1.165, 1.54) is 0 Å². The van der Waals surface area contributed by atoms with Gasteiger partial charge >= 0.3 is 5.69 Å². The lowest BCUT2D eigenvalue weighted by molar-refractivity contribution is -0.121. The first kappa shape index (κ1) is 13.7. The maximum absolute atomic E-state index is 11.4. The zero-order valence-electron chi connectivity index (χ0n) is 10.2. The standard InChI is InChI=1S/C11H14N4O3/c1-7(2)13-9(16)3-4-15-6-8(5-12)10(17)14-11(15)18/h6-7H,3-4H2,1-2H3,(H,13,16)(H,14,17,18). The van der Waals surface area contributed by atoms with Crippen molar-refractivity contribution in [1.82, 2.24) is 14.9 Å². The van der Waals surface area contributed by atoms with Gasteiger partial charge in [0, 0.05) is 25.2 Å². The normalized spacial score (nSPS) is 10.1. The van der Waals surface area contributed by atoms with E-state index in [0.29, 0.717) is 0 Å². The SMILES string of the molecule is CC(C)NC(=O)CCn1cc(C#N)c(=O)[nH]c1=O. The summed E-state index contributed by atoms with van der Waals surface area (Å²) in [6.07, 6.45) is 1.26. The summed E-state index contributed by atoms with van der Waals surface area (Å²) in [6.45, 7) is 3.78. The summed E-state index contributed by atoms with van der Waals surface area (Å²) in [7, 11) is 0. The van der Waals surface area contributed by atoms with Gasteiger partial charge in [0.25, 0.3) is 5.56 Å². The first-order chi connectivity index (χ1) is 8.43. The zero-order chi connectivity index (χ0) is 13.7. The molecule has 0 aliphatic heterocycles. The van der Waals surface area contributed by atoms with E-state index >= 15 is 0 Å². The molecule has 0 fully saturated rings. The Morgan fingerprint density at radius 3 is 2.78 bits per heavy atom. The zero-order valence-corrected chi connectivity index (χ0v) is 10.2. The minimum Gasteiger partial charge on any atom is -0.354 e. The molecule has 0 saturated heterocycles. The predicted octanol–water partition coefficient (Wildman–Crippen LogP) is -0.677. The lowest BCUT2D eigenvalue weighted by Gasteiger charge is -2.09. The summed E-state index contributed by atoms with van der Waals surface area (Å²) in [5.41, 5.74) is -1.50. The van der Waals surface area contributed by atoms with E-state index in [9.17, 15) is 14.4 Å². The second-order valence-corrected chi connectivity index (χ2v) is 4.08. The lowest BCUT2D eigenvalue weighted by Crippen LogP contribution is -2.34. The van der Waals surface area contributed by atoms with Crippen LogP contribution in [-0.2, 0) is 11.3 Å². The fourth-order valence-electron chi connectivity index (χ4n) is 1.37. The summed E-state index contributed by atoms with van der Waals surface area (Å²) < 4.78 is 1.14. The van der Waals surface area contributed by atoms with Gasteiger partial charge in [0.05, 0.1) is 0 Å². The van der Waals surface area contributed by atoms with Crippen molar-refractivity contribution < 1.29 is 4.79 Å². The molecule has 0 spiro atoms. The van der Waals surface area contributed by atoms with Gasteiger partial charge in [-0.1, -0.05) is 0 Å². The minimum atomic E-state index is -0.717. The maximum Gasteiger partial charge on any atom is 0.328 e. The Bertz CT molecular complexity index is 592. The number of aromatic nitrogens is 2. The van der Waals surface area contributed by atoms with Crippen molar-refractivity contribution >= 4 is 5.91 Å². The molecule has 1 rings (SSSR count). The molecule has 0 saturated carbocycles. The third kappa shape index (κ3) is 3.59.